The van der Waals surface area contributed by atoms with Crippen LogP contribution >= 0.6 is 0 Å². The van der Waals surface area contributed by atoms with Gasteiger partial charge in [0, 0.05) is 28.8 Å². The largest absolute Gasteiger partial charge is 0.740 e. The Morgan fingerprint density at radius 2 is 1.63 bits per heavy atom. The molecule has 4 nitrogen and oxygen atoms in total. The Kier molecular flexibility index (Phi) is 2.97. The molecule has 0 bridgehead atoms. The van der Waals surface area contributed by atoms with Gasteiger partial charge < -0.3 is 12.6 Å². The Balaban J connectivity index is 2.17. The lowest BCUT2D eigenvalue weighted by atomic mass is 10.2. The standard InChI is InChI=1S/C14H12N4S/c1-10-2-4-12(5-3-10)18-13(16-17-14(18)19)11-6-8-15-9-7-11/h2-9H,1H3,(H,17,19)/p-1. The number of rotatable bonds is 2. The van der Waals surface area contributed by atoms with Crippen molar-refractivity contribution in [3.63, 3.8) is 0 Å². The fourth-order valence-corrected chi connectivity index (χ4v) is 2.12. The molecule has 0 unspecified atom stereocenters. The summed E-state index contributed by atoms with van der Waals surface area (Å²) < 4.78 is 1.87. The van der Waals surface area contributed by atoms with Gasteiger partial charge in [0.15, 0.2) is 5.82 Å². The van der Waals surface area contributed by atoms with Gasteiger partial charge in [0.05, 0.1) is 0 Å². The zero-order chi connectivity index (χ0) is 13.2. The van der Waals surface area contributed by atoms with E-state index in [0.29, 0.717) is 5.16 Å². The van der Waals surface area contributed by atoms with E-state index in [2.05, 4.69) is 15.2 Å². The summed E-state index contributed by atoms with van der Waals surface area (Å²) in [6.07, 6.45) is 3.46. The monoisotopic (exact) mass is 267 g/mol. The van der Waals surface area contributed by atoms with Crippen LogP contribution in [0.5, 0.6) is 0 Å². The van der Waals surface area contributed by atoms with Gasteiger partial charge in [-0.1, -0.05) is 17.7 Å². The number of nitrogens with zero attached hydrogens (tertiary/aromatic N) is 4. The maximum Gasteiger partial charge on any atom is 0.167 e. The minimum atomic E-state index is 0.454. The molecule has 19 heavy (non-hydrogen) atoms. The van der Waals surface area contributed by atoms with Crippen molar-refractivity contribution in [1.82, 2.24) is 19.7 Å². The highest BCUT2D eigenvalue weighted by atomic mass is 32.1. The molecule has 3 rings (SSSR count). The van der Waals surface area contributed by atoms with E-state index in [9.17, 15) is 0 Å². The molecule has 94 valence electrons. The molecule has 5 heteroatoms. The molecule has 0 aliphatic rings. The number of pyridine rings is 1. The lowest BCUT2D eigenvalue weighted by molar-refractivity contribution is 0.890. The highest BCUT2D eigenvalue weighted by Crippen LogP contribution is 2.22. The number of aryl methyl sites for hydroxylation is 1. The van der Waals surface area contributed by atoms with Crippen LogP contribution in [0.2, 0.25) is 0 Å². The van der Waals surface area contributed by atoms with Crippen molar-refractivity contribution in [1.29, 1.82) is 0 Å². The Hall–Kier alpha value is -2.27. The smallest absolute Gasteiger partial charge is 0.167 e. The van der Waals surface area contributed by atoms with Crippen LogP contribution in [-0.4, -0.2) is 19.7 Å². The highest BCUT2D eigenvalue weighted by Gasteiger charge is 2.09. The van der Waals surface area contributed by atoms with Crippen LogP contribution in [0.1, 0.15) is 5.56 Å². The van der Waals surface area contributed by atoms with Crippen molar-refractivity contribution in [3.8, 4) is 17.1 Å². The normalized spacial score (nSPS) is 10.6. The molecular weight excluding hydrogens is 256 g/mol. The van der Waals surface area contributed by atoms with Crippen molar-refractivity contribution in [2.24, 2.45) is 0 Å². The van der Waals surface area contributed by atoms with E-state index < -0.39 is 0 Å². The maximum atomic E-state index is 5.26. The van der Waals surface area contributed by atoms with Crippen LogP contribution in [0.15, 0.2) is 53.9 Å². The molecule has 3 aromatic rings. The first-order valence-corrected chi connectivity index (χ1v) is 6.26. The van der Waals surface area contributed by atoms with Crippen LogP contribution in [0.4, 0.5) is 0 Å². The van der Waals surface area contributed by atoms with Gasteiger partial charge in [-0.2, -0.15) is 5.10 Å². The molecule has 0 atom stereocenters. The summed E-state index contributed by atoms with van der Waals surface area (Å²) >= 11 is 5.26. The van der Waals surface area contributed by atoms with Crippen LogP contribution in [0.3, 0.4) is 0 Å². The Labute approximate surface area is 116 Å². The van der Waals surface area contributed by atoms with E-state index in [-0.39, 0.29) is 0 Å². The number of hydrogen-bond acceptors (Lipinski definition) is 4. The molecule has 0 radical (unpaired) electrons. The fourth-order valence-electron chi connectivity index (χ4n) is 1.88. The van der Waals surface area contributed by atoms with Gasteiger partial charge in [0.2, 0.25) is 0 Å². The fraction of sp³-hybridized carbons (Fsp3) is 0.0714. The number of hydrogen-bond donors (Lipinski definition) is 0. The van der Waals surface area contributed by atoms with Gasteiger partial charge in [-0.05, 0) is 31.2 Å². The predicted molar refractivity (Wildman–Crippen MR) is 75.0 cm³/mol. The molecule has 0 N–H and O–H groups in total. The van der Waals surface area contributed by atoms with E-state index in [4.69, 9.17) is 12.6 Å². The summed E-state index contributed by atoms with van der Waals surface area (Å²) in [4.78, 5) is 4.01. The molecule has 1 aromatic carbocycles. The second-order valence-electron chi connectivity index (χ2n) is 4.21. The van der Waals surface area contributed by atoms with E-state index >= 15 is 0 Å². The molecule has 0 spiro atoms. The molecule has 0 fully saturated rings. The molecule has 2 aromatic heterocycles. The van der Waals surface area contributed by atoms with Crippen LogP contribution in [0, 0.1) is 6.92 Å². The van der Waals surface area contributed by atoms with Gasteiger partial charge in [-0.3, -0.25) is 9.55 Å². The van der Waals surface area contributed by atoms with Crippen LogP contribution in [-0.2, 0) is 12.6 Å². The predicted octanol–water partition coefficient (Wildman–Crippen LogP) is 2.54. The first-order valence-electron chi connectivity index (χ1n) is 5.85. The molecule has 0 aliphatic carbocycles. The van der Waals surface area contributed by atoms with Crippen molar-refractivity contribution < 1.29 is 0 Å². The van der Waals surface area contributed by atoms with E-state index in [0.717, 1.165) is 17.1 Å². The van der Waals surface area contributed by atoms with Crippen molar-refractivity contribution >= 4 is 12.6 Å². The third-order valence-electron chi connectivity index (χ3n) is 2.86. The van der Waals surface area contributed by atoms with Crippen molar-refractivity contribution in [3.05, 3.63) is 54.4 Å². The van der Waals surface area contributed by atoms with E-state index in [1.807, 2.05) is 47.9 Å². The maximum absolute atomic E-state index is 5.26. The lowest BCUT2D eigenvalue weighted by Gasteiger charge is -2.13. The van der Waals surface area contributed by atoms with E-state index in [1.165, 1.54) is 5.56 Å². The van der Waals surface area contributed by atoms with Crippen molar-refractivity contribution in [2.45, 2.75) is 12.1 Å². The average molecular weight is 267 g/mol. The summed E-state index contributed by atoms with van der Waals surface area (Å²) in [5, 5.41) is 8.62. The quantitative estimate of drug-likeness (QED) is 0.669. The van der Waals surface area contributed by atoms with Gasteiger partial charge in [0.25, 0.3) is 0 Å². The molecule has 2 heterocycles. The molecule has 0 saturated carbocycles. The summed E-state index contributed by atoms with van der Waals surface area (Å²) in [6.45, 7) is 2.05. The van der Waals surface area contributed by atoms with Gasteiger partial charge >= 0.3 is 0 Å². The molecular formula is C14H11N4S-. The summed E-state index contributed by atoms with van der Waals surface area (Å²) in [6, 6.07) is 11.9. The van der Waals surface area contributed by atoms with Gasteiger partial charge in [0.1, 0.15) is 0 Å². The first kappa shape index (κ1) is 11.8. The Bertz CT molecular complexity index is 689. The second kappa shape index (κ2) is 4.78. The minimum absolute atomic E-state index is 0.454. The zero-order valence-electron chi connectivity index (χ0n) is 10.3. The third-order valence-corrected chi connectivity index (χ3v) is 3.13. The third kappa shape index (κ3) is 2.20. The SMILES string of the molecule is Cc1ccc(-n2c([S-])nnc2-c2ccncc2)cc1. The summed E-state index contributed by atoms with van der Waals surface area (Å²) in [5.74, 6) is 0.733. The summed E-state index contributed by atoms with van der Waals surface area (Å²) in [5.41, 5.74) is 3.11. The molecule has 0 aliphatic heterocycles. The lowest BCUT2D eigenvalue weighted by Crippen LogP contribution is -1.99. The Morgan fingerprint density at radius 1 is 0.947 bits per heavy atom. The van der Waals surface area contributed by atoms with Gasteiger partial charge in [-0.15, -0.1) is 5.10 Å². The zero-order valence-corrected chi connectivity index (χ0v) is 11.1. The number of aromatic nitrogens is 4. The van der Waals surface area contributed by atoms with E-state index in [1.54, 1.807) is 12.4 Å². The first-order chi connectivity index (χ1) is 9.25. The average Bonchev–Trinajstić information content (AvgIpc) is 2.83. The second-order valence-corrected chi connectivity index (χ2v) is 4.58. The van der Waals surface area contributed by atoms with Gasteiger partial charge in [-0.25, -0.2) is 0 Å². The highest BCUT2D eigenvalue weighted by molar-refractivity contribution is 7.58. The van der Waals surface area contributed by atoms with Crippen LogP contribution in [0.25, 0.3) is 17.1 Å². The van der Waals surface area contributed by atoms with Crippen molar-refractivity contribution in [2.75, 3.05) is 0 Å². The number of benzene rings is 1. The minimum Gasteiger partial charge on any atom is -0.740 e. The Morgan fingerprint density at radius 3 is 2.32 bits per heavy atom. The molecule has 0 saturated heterocycles. The summed E-state index contributed by atoms with van der Waals surface area (Å²) in [7, 11) is 0. The topological polar surface area (TPSA) is 43.6 Å². The van der Waals surface area contributed by atoms with Crippen LogP contribution < -0.4 is 0 Å². The molecule has 0 amide bonds.